The number of alkyl halides is 1. The van der Waals surface area contributed by atoms with Crippen LogP contribution in [0.25, 0.3) is 0 Å². The second-order valence-electron chi connectivity index (χ2n) is 19.4. The van der Waals surface area contributed by atoms with Crippen molar-refractivity contribution in [3.05, 3.63) is 11.9 Å². The van der Waals surface area contributed by atoms with Crippen molar-refractivity contribution >= 4 is 5.97 Å². The van der Waals surface area contributed by atoms with Crippen molar-refractivity contribution in [2.45, 2.75) is 211 Å². The van der Waals surface area contributed by atoms with Gasteiger partial charge >= 0.3 is 5.97 Å². The van der Waals surface area contributed by atoms with E-state index >= 15 is 0 Å². The first kappa shape index (κ1) is 52.7. The zero-order chi connectivity index (χ0) is 46.5. The van der Waals surface area contributed by atoms with Gasteiger partial charge in [-0.15, -0.1) is 5.10 Å². The molecule has 0 aromatic carbocycles. The number of carbonyl (C=O) groups excluding carboxylic acids is 1. The van der Waals surface area contributed by atoms with Gasteiger partial charge in [0.1, 0.15) is 36.7 Å². The van der Waals surface area contributed by atoms with Crippen molar-refractivity contribution in [3.63, 3.8) is 0 Å². The maximum absolute atomic E-state index is 14.3. The van der Waals surface area contributed by atoms with Gasteiger partial charge in [0.2, 0.25) is 0 Å². The Kier molecular flexibility index (Phi) is 18.7. The van der Waals surface area contributed by atoms with E-state index in [1.165, 1.54) is 14.0 Å². The van der Waals surface area contributed by atoms with Gasteiger partial charge in [-0.1, -0.05) is 26.0 Å². The van der Waals surface area contributed by atoms with Crippen molar-refractivity contribution < 1.29 is 63.1 Å². The smallest absolute Gasteiger partial charge is 0.311 e. The minimum Gasteiger partial charge on any atom is -0.459 e. The Labute approximate surface area is 368 Å². The SMILES string of the molecule is CCC(CF)n1cc(CCN(C)[C@H]2C[C@@H](C)O[C@@H](O[C@@H]3C[C@H](O[C@H]4C[C@@](C)(OC)[C@@H](O)[C@H](C)O4)[C@@H](C)C(=O)O[C@H](CC)[C@@](C)(O)[C@H](O)[C@@H](C)N(C)C[C@H](C)C[C@@]3(C)O)[C@@H]2O)nn1. The van der Waals surface area contributed by atoms with Crippen molar-refractivity contribution in [2.24, 2.45) is 11.8 Å². The lowest BCUT2D eigenvalue weighted by Gasteiger charge is -2.47. The molecule has 1 aromatic heterocycles. The third kappa shape index (κ3) is 12.5. The monoisotopic (exact) mass is 890 g/mol. The molecule has 18 atom stereocenters. The molecule has 0 aliphatic carbocycles. The number of esters is 1. The number of halogens is 1. The van der Waals surface area contributed by atoms with E-state index in [9.17, 15) is 34.7 Å². The summed E-state index contributed by atoms with van der Waals surface area (Å²) in [7, 11) is 5.22. The van der Waals surface area contributed by atoms with Gasteiger partial charge in [0, 0.05) is 57.7 Å². The molecule has 0 spiro atoms. The maximum atomic E-state index is 14.3. The zero-order valence-corrected chi connectivity index (χ0v) is 39.5. The first-order chi connectivity index (χ1) is 28.9. The van der Waals surface area contributed by atoms with Crippen LogP contribution in [-0.4, -0.2) is 188 Å². The summed E-state index contributed by atoms with van der Waals surface area (Å²) in [6.07, 6.45) is -6.14. The number of methoxy groups -OCH3 is 1. The molecule has 0 amide bonds. The summed E-state index contributed by atoms with van der Waals surface area (Å²) < 4.78 is 52.7. The molecular formula is C44H80FN5O12. The Morgan fingerprint density at radius 2 is 1.69 bits per heavy atom. The van der Waals surface area contributed by atoms with Crippen LogP contribution >= 0.6 is 0 Å². The van der Waals surface area contributed by atoms with Crippen LogP contribution in [0, 0.1) is 11.8 Å². The van der Waals surface area contributed by atoms with Crippen LogP contribution < -0.4 is 0 Å². The Bertz CT molecular complexity index is 1540. The van der Waals surface area contributed by atoms with E-state index in [0.29, 0.717) is 38.0 Å². The molecule has 18 heteroatoms. The normalized spacial score (nSPS) is 42.9. The van der Waals surface area contributed by atoms with Crippen LogP contribution in [-0.2, 0) is 39.6 Å². The number of cyclic esters (lactones) is 1. The van der Waals surface area contributed by atoms with E-state index in [0.717, 1.165) is 0 Å². The van der Waals surface area contributed by atoms with Gasteiger partial charge in [0.25, 0.3) is 0 Å². The van der Waals surface area contributed by atoms with Gasteiger partial charge in [-0.05, 0) is 94.2 Å². The van der Waals surface area contributed by atoms with Gasteiger partial charge in [-0.3, -0.25) is 4.79 Å². The Morgan fingerprint density at radius 3 is 2.31 bits per heavy atom. The second-order valence-corrected chi connectivity index (χ2v) is 19.4. The van der Waals surface area contributed by atoms with Crippen LogP contribution in [0.1, 0.15) is 119 Å². The van der Waals surface area contributed by atoms with E-state index in [1.54, 1.807) is 52.4 Å². The number of aliphatic hydroxyl groups is 5. The number of nitrogens with zero attached hydrogens (tertiary/aromatic N) is 5. The van der Waals surface area contributed by atoms with E-state index < -0.39 is 103 Å². The summed E-state index contributed by atoms with van der Waals surface area (Å²) in [6, 6.07) is -1.36. The molecule has 17 nitrogen and oxygen atoms in total. The molecule has 360 valence electrons. The van der Waals surface area contributed by atoms with Gasteiger partial charge in [-0.25, -0.2) is 9.07 Å². The van der Waals surface area contributed by atoms with E-state index in [-0.39, 0.29) is 43.7 Å². The fourth-order valence-electron chi connectivity index (χ4n) is 9.50. The quantitative estimate of drug-likeness (QED) is 0.180. The van der Waals surface area contributed by atoms with E-state index in [2.05, 4.69) is 10.3 Å². The fraction of sp³-hybridized carbons (Fsp3) is 0.932. The molecule has 0 saturated carbocycles. The van der Waals surface area contributed by atoms with Crippen molar-refractivity contribution in [1.29, 1.82) is 0 Å². The number of hydrogen-bond donors (Lipinski definition) is 5. The van der Waals surface area contributed by atoms with Crippen LogP contribution in [0.15, 0.2) is 6.20 Å². The van der Waals surface area contributed by atoms with Crippen molar-refractivity contribution in [2.75, 3.05) is 41.0 Å². The molecule has 1 unspecified atom stereocenters. The topological polar surface area (TPSA) is 211 Å². The Hall–Kier alpha value is -1.94. The highest BCUT2D eigenvalue weighted by Gasteiger charge is 2.51. The highest BCUT2D eigenvalue weighted by Crippen LogP contribution is 2.38. The zero-order valence-electron chi connectivity index (χ0n) is 39.5. The highest BCUT2D eigenvalue weighted by molar-refractivity contribution is 5.73. The molecule has 3 saturated heterocycles. The molecule has 62 heavy (non-hydrogen) atoms. The molecule has 3 aliphatic heterocycles. The molecule has 1 aromatic rings. The lowest BCUT2D eigenvalue weighted by molar-refractivity contribution is -0.308. The number of hydrogen-bond acceptors (Lipinski definition) is 16. The number of likely N-dealkylation sites (N-methyl/N-ethyl adjacent to an activating group) is 2. The van der Waals surface area contributed by atoms with Crippen LogP contribution in [0.2, 0.25) is 0 Å². The van der Waals surface area contributed by atoms with Crippen molar-refractivity contribution in [3.8, 4) is 0 Å². The average Bonchev–Trinajstić information content (AvgIpc) is 3.68. The van der Waals surface area contributed by atoms with Crippen LogP contribution in [0.3, 0.4) is 0 Å². The summed E-state index contributed by atoms with van der Waals surface area (Å²) in [4.78, 5) is 18.2. The summed E-state index contributed by atoms with van der Waals surface area (Å²) in [6.45, 7) is 17.9. The van der Waals surface area contributed by atoms with Crippen LogP contribution in [0.4, 0.5) is 4.39 Å². The summed E-state index contributed by atoms with van der Waals surface area (Å²) >= 11 is 0. The molecule has 5 N–H and O–H groups in total. The number of ether oxygens (including phenoxy) is 6. The van der Waals surface area contributed by atoms with Gasteiger partial charge in [0.05, 0.1) is 53.3 Å². The predicted molar refractivity (Wildman–Crippen MR) is 228 cm³/mol. The third-order valence-electron chi connectivity index (χ3n) is 14.0. The molecule has 4 rings (SSSR count). The third-order valence-corrected chi connectivity index (χ3v) is 14.0. The second kappa shape index (κ2) is 22.0. The molecule has 0 radical (unpaired) electrons. The lowest BCUT2D eigenvalue weighted by atomic mass is 9.83. The average molecular weight is 890 g/mol. The Morgan fingerprint density at radius 1 is 1.02 bits per heavy atom. The fourth-order valence-corrected chi connectivity index (χ4v) is 9.50. The van der Waals surface area contributed by atoms with Gasteiger partial charge in [0.15, 0.2) is 12.6 Å². The number of carbonyl (C=O) groups is 1. The maximum Gasteiger partial charge on any atom is 0.311 e. The first-order valence-electron chi connectivity index (χ1n) is 22.7. The molecule has 0 bridgehead atoms. The van der Waals surface area contributed by atoms with Crippen molar-refractivity contribution in [1.82, 2.24) is 24.8 Å². The molecular weight excluding hydrogens is 810 g/mol. The Balaban J connectivity index is 1.70. The number of aliphatic hydroxyl groups excluding tert-OH is 3. The lowest BCUT2D eigenvalue weighted by Crippen LogP contribution is -2.59. The highest BCUT2D eigenvalue weighted by atomic mass is 19.1. The summed E-state index contributed by atoms with van der Waals surface area (Å²) in [5.41, 5.74) is -3.78. The largest absolute Gasteiger partial charge is 0.459 e. The number of rotatable bonds is 13. The first-order valence-corrected chi connectivity index (χ1v) is 22.7. The molecule has 3 fully saturated rings. The van der Waals surface area contributed by atoms with E-state index in [1.807, 2.05) is 44.7 Å². The minimum absolute atomic E-state index is 0.0900. The van der Waals surface area contributed by atoms with Gasteiger partial charge < -0.3 is 63.8 Å². The standard InChI is InChI=1S/C44H80FN5O12/c1-14-31(22-45)50-24-30(46-47-50)16-17-48(11)32-18-26(4)58-41(37(32)51)62-35-19-33(60-36-21-43(9,57-13)39(53)29(7)59-36)27(5)40(54)61-34(15-2)44(10,56)38(52)28(6)49(12)23-25(3)20-42(35,8)55/h24-29,31-39,41,51-53,55-56H,14-23H2,1-13H3/t25-,26-,27-,28-,29+,31?,32+,33+,34-,35-,36+,37-,38-,39+,41+,42-,43-,44-/m1/s1. The van der Waals surface area contributed by atoms with E-state index in [4.69, 9.17) is 28.4 Å². The summed E-state index contributed by atoms with van der Waals surface area (Å²) in [5.74, 6) is -1.93. The van der Waals surface area contributed by atoms with Crippen LogP contribution in [0.5, 0.6) is 0 Å². The number of aromatic nitrogens is 3. The summed E-state index contributed by atoms with van der Waals surface area (Å²) in [5, 5.41) is 67.3. The predicted octanol–water partition coefficient (Wildman–Crippen LogP) is 2.78. The molecule has 4 heterocycles. The molecule has 3 aliphatic rings. The minimum atomic E-state index is -1.83. The van der Waals surface area contributed by atoms with Gasteiger partial charge in [-0.2, -0.15) is 0 Å².